The minimum absolute atomic E-state index is 0. The van der Waals surface area contributed by atoms with Gasteiger partial charge in [-0.15, -0.1) is 12.4 Å². The number of halogens is 1. The third-order valence-corrected chi connectivity index (χ3v) is 6.34. The van der Waals surface area contributed by atoms with Gasteiger partial charge in [0, 0.05) is 25.5 Å². The van der Waals surface area contributed by atoms with Crippen LogP contribution >= 0.6 is 12.4 Å². The Balaban J connectivity index is 0.00000243. The predicted molar refractivity (Wildman–Crippen MR) is 103 cm³/mol. The second-order valence-electron chi connectivity index (χ2n) is 6.45. The average Bonchev–Trinajstić information content (AvgIpc) is 3.12. The van der Waals surface area contributed by atoms with E-state index in [1.54, 1.807) is 42.3 Å². The van der Waals surface area contributed by atoms with E-state index >= 15 is 0 Å². The third kappa shape index (κ3) is 4.11. The minimum atomic E-state index is -3.68. The molecule has 1 aromatic heterocycles. The van der Waals surface area contributed by atoms with Crippen LogP contribution in [-0.4, -0.2) is 49.4 Å². The number of nitrogens with one attached hydrogen (secondary N) is 1. The van der Waals surface area contributed by atoms with Crippen molar-refractivity contribution < 1.29 is 13.2 Å². The lowest BCUT2D eigenvalue weighted by Crippen LogP contribution is -2.43. The van der Waals surface area contributed by atoms with E-state index in [0.29, 0.717) is 5.56 Å². The van der Waals surface area contributed by atoms with E-state index in [4.69, 9.17) is 0 Å². The molecule has 1 aromatic carbocycles. The van der Waals surface area contributed by atoms with Crippen LogP contribution in [0, 0.1) is 6.92 Å². The molecule has 2 aromatic rings. The first-order chi connectivity index (χ1) is 11.9. The van der Waals surface area contributed by atoms with E-state index in [2.05, 4.69) is 5.32 Å². The zero-order valence-electron chi connectivity index (χ0n) is 14.9. The molecule has 0 spiro atoms. The Labute approximate surface area is 160 Å². The maximum Gasteiger partial charge on any atom is 0.267 e. The summed E-state index contributed by atoms with van der Waals surface area (Å²) in [7, 11) is -1.90. The lowest BCUT2D eigenvalue weighted by molar-refractivity contribution is 0.0703. The molecular formula is C18H24ClN3O3S. The van der Waals surface area contributed by atoms with Crippen molar-refractivity contribution in [3.05, 3.63) is 53.9 Å². The van der Waals surface area contributed by atoms with Crippen molar-refractivity contribution in [2.45, 2.75) is 30.7 Å². The smallest absolute Gasteiger partial charge is 0.267 e. The summed E-state index contributed by atoms with van der Waals surface area (Å²) in [5, 5.41) is 3.27. The number of piperidine rings is 1. The molecule has 1 aliphatic rings. The molecule has 0 atom stereocenters. The maximum absolute atomic E-state index is 12.7. The van der Waals surface area contributed by atoms with Gasteiger partial charge in [0.15, 0.2) is 0 Å². The molecule has 1 aliphatic heterocycles. The summed E-state index contributed by atoms with van der Waals surface area (Å²) in [6.45, 7) is 3.69. The molecule has 6 nitrogen and oxygen atoms in total. The van der Waals surface area contributed by atoms with Crippen LogP contribution in [0.2, 0.25) is 0 Å². The second-order valence-corrected chi connectivity index (χ2v) is 8.29. The molecule has 0 bridgehead atoms. The molecule has 8 heteroatoms. The molecule has 26 heavy (non-hydrogen) atoms. The summed E-state index contributed by atoms with van der Waals surface area (Å²) in [5.41, 5.74) is 1.38. The quantitative estimate of drug-likeness (QED) is 0.859. The van der Waals surface area contributed by atoms with Crippen molar-refractivity contribution >= 4 is 28.3 Å². The van der Waals surface area contributed by atoms with Gasteiger partial charge in [-0.1, -0.05) is 17.7 Å². The highest BCUT2D eigenvalue weighted by atomic mass is 35.5. The SMILES string of the molecule is Cc1ccc(S(=O)(=O)n2ccc(C(=O)N(C)C3CCNCC3)c2)cc1.Cl. The lowest BCUT2D eigenvalue weighted by atomic mass is 10.0. The molecule has 1 saturated heterocycles. The summed E-state index contributed by atoms with van der Waals surface area (Å²) >= 11 is 0. The minimum Gasteiger partial charge on any atom is -0.339 e. The van der Waals surface area contributed by atoms with Crippen molar-refractivity contribution in [1.29, 1.82) is 0 Å². The molecule has 1 N–H and O–H groups in total. The summed E-state index contributed by atoms with van der Waals surface area (Å²) in [5.74, 6) is -0.148. The Morgan fingerprint density at radius 2 is 1.77 bits per heavy atom. The Kier molecular flexibility index (Phi) is 6.49. The molecule has 1 fully saturated rings. The summed E-state index contributed by atoms with van der Waals surface area (Å²) in [6, 6.07) is 8.42. The van der Waals surface area contributed by atoms with Crippen LogP contribution in [0.25, 0.3) is 0 Å². The summed E-state index contributed by atoms with van der Waals surface area (Å²) < 4.78 is 26.5. The van der Waals surface area contributed by atoms with E-state index in [1.807, 2.05) is 6.92 Å². The van der Waals surface area contributed by atoms with Gasteiger partial charge in [-0.25, -0.2) is 12.4 Å². The van der Waals surface area contributed by atoms with Crippen LogP contribution in [-0.2, 0) is 10.0 Å². The number of carbonyl (C=O) groups excluding carboxylic acids is 1. The van der Waals surface area contributed by atoms with Gasteiger partial charge in [-0.2, -0.15) is 0 Å². The fourth-order valence-corrected chi connectivity index (χ4v) is 4.25. The monoisotopic (exact) mass is 397 g/mol. The van der Waals surface area contributed by atoms with E-state index < -0.39 is 10.0 Å². The molecule has 0 saturated carbocycles. The van der Waals surface area contributed by atoms with Crippen LogP contribution in [0.5, 0.6) is 0 Å². The van der Waals surface area contributed by atoms with Gasteiger partial charge < -0.3 is 10.2 Å². The normalized spacial score (nSPS) is 15.3. The van der Waals surface area contributed by atoms with Crippen LogP contribution in [0.3, 0.4) is 0 Å². The van der Waals surface area contributed by atoms with Crippen molar-refractivity contribution in [3.8, 4) is 0 Å². The van der Waals surface area contributed by atoms with E-state index in [0.717, 1.165) is 35.5 Å². The largest absolute Gasteiger partial charge is 0.339 e. The van der Waals surface area contributed by atoms with Crippen molar-refractivity contribution in [1.82, 2.24) is 14.2 Å². The van der Waals surface area contributed by atoms with Crippen LogP contribution in [0.15, 0.2) is 47.6 Å². The molecule has 0 unspecified atom stereocenters. The van der Waals surface area contributed by atoms with Gasteiger partial charge in [0.2, 0.25) is 0 Å². The van der Waals surface area contributed by atoms with E-state index in [9.17, 15) is 13.2 Å². The number of rotatable bonds is 4. The topological polar surface area (TPSA) is 71.4 Å². The van der Waals surface area contributed by atoms with Crippen molar-refractivity contribution in [3.63, 3.8) is 0 Å². The first-order valence-electron chi connectivity index (χ1n) is 8.38. The fraction of sp³-hybridized carbons (Fsp3) is 0.389. The highest BCUT2D eigenvalue weighted by molar-refractivity contribution is 7.90. The van der Waals surface area contributed by atoms with E-state index in [-0.39, 0.29) is 29.3 Å². The summed E-state index contributed by atoms with van der Waals surface area (Å²) in [4.78, 5) is 14.6. The Morgan fingerprint density at radius 1 is 1.15 bits per heavy atom. The second kappa shape index (κ2) is 8.24. The summed E-state index contributed by atoms with van der Waals surface area (Å²) in [6.07, 6.45) is 4.64. The first-order valence-corrected chi connectivity index (χ1v) is 9.82. The van der Waals surface area contributed by atoms with Gasteiger partial charge in [0.05, 0.1) is 10.5 Å². The first kappa shape index (κ1) is 20.5. The number of amides is 1. The average molecular weight is 398 g/mol. The zero-order chi connectivity index (χ0) is 18.0. The molecule has 3 rings (SSSR count). The number of hydrogen-bond donors (Lipinski definition) is 1. The molecule has 0 radical (unpaired) electrons. The Bertz CT molecular complexity index is 856. The van der Waals surface area contributed by atoms with Crippen molar-refractivity contribution in [2.75, 3.05) is 20.1 Å². The third-order valence-electron chi connectivity index (χ3n) is 4.69. The van der Waals surface area contributed by atoms with Crippen molar-refractivity contribution in [2.24, 2.45) is 0 Å². The van der Waals surface area contributed by atoms with Gasteiger partial charge in [-0.05, 0) is 51.1 Å². The Hall–Kier alpha value is -1.83. The number of nitrogens with zero attached hydrogens (tertiary/aromatic N) is 2. The number of aromatic nitrogens is 1. The zero-order valence-corrected chi connectivity index (χ0v) is 16.5. The molecule has 142 valence electrons. The molecule has 2 heterocycles. The fourth-order valence-electron chi connectivity index (χ4n) is 3.05. The molecule has 0 aliphatic carbocycles. The van der Waals surface area contributed by atoms with Gasteiger partial charge in [-0.3, -0.25) is 4.79 Å². The standard InChI is InChI=1S/C18H23N3O3S.ClH/c1-14-3-5-17(6-4-14)25(23,24)21-12-9-15(13-21)18(22)20(2)16-7-10-19-11-8-16;/h3-6,9,12-13,16,19H,7-8,10-11H2,1-2H3;1H. The highest BCUT2D eigenvalue weighted by Crippen LogP contribution is 2.18. The number of benzene rings is 1. The lowest BCUT2D eigenvalue weighted by Gasteiger charge is -2.31. The van der Waals surface area contributed by atoms with Crippen LogP contribution in [0.1, 0.15) is 28.8 Å². The Morgan fingerprint density at radius 3 is 2.38 bits per heavy atom. The number of aryl methyl sites for hydroxylation is 1. The van der Waals surface area contributed by atoms with Crippen LogP contribution < -0.4 is 5.32 Å². The maximum atomic E-state index is 12.7. The molecule has 1 amide bonds. The number of hydrogen-bond acceptors (Lipinski definition) is 4. The van der Waals surface area contributed by atoms with Gasteiger partial charge in [0.1, 0.15) is 0 Å². The highest BCUT2D eigenvalue weighted by Gasteiger charge is 2.25. The number of carbonyl (C=O) groups is 1. The van der Waals surface area contributed by atoms with E-state index in [1.165, 1.54) is 12.4 Å². The predicted octanol–water partition coefficient (Wildman–Crippen LogP) is 2.28. The van der Waals surface area contributed by atoms with Gasteiger partial charge >= 0.3 is 0 Å². The van der Waals surface area contributed by atoms with Crippen LogP contribution in [0.4, 0.5) is 0 Å². The molecular weight excluding hydrogens is 374 g/mol. The van der Waals surface area contributed by atoms with Gasteiger partial charge in [0.25, 0.3) is 15.9 Å².